The highest BCUT2D eigenvalue weighted by Gasteiger charge is 2.57. The first-order chi connectivity index (χ1) is 16.1. The van der Waals surface area contributed by atoms with Gasteiger partial charge in [-0.2, -0.15) is 0 Å². The van der Waals surface area contributed by atoms with Crippen LogP contribution in [0.3, 0.4) is 0 Å². The lowest BCUT2D eigenvalue weighted by Crippen LogP contribution is -2.66. The number of oxime groups is 1. The lowest BCUT2D eigenvalue weighted by Gasteiger charge is -2.53. The van der Waals surface area contributed by atoms with Gasteiger partial charge in [0.05, 0.1) is 32.7 Å². The molecule has 1 spiro atoms. The van der Waals surface area contributed by atoms with E-state index in [9.17, 15) is 4.39 Å². The smallest absolute Gasteiger partial charge is 0.227 e. The van der Waals surface area contributed by atoms with Gasteiger partial charge in [-0.25, -0.2) is 4.39 Å². The zero-order valence-corrected chi connectivity index (χ0v) is 18.7. The second-order valence-corrected chi connectivity index (χ2v) is 8.96. The lowest BCUT2D eigenvalue weighted by molar-refractivity contribution is -0.198. The number of fused-ring (bicyclic) bond motifs is 3. The largest absolute Gasteiger partial charge is 0.497 e. The summed E-state index contributed by atoms with van der Waals surface area (Å²) in [5.74, 6) is 2.16. The zero-order chi connectivity index (χ0) is 22.6. The molecule has 3 fully saturated rings. The molecule has 0 saturated carbocycles. The normalized spacial score (nSPS) is 26.0. The van der Waals surface area contributed by atoms with Crippen molar-refractivity contribution in [3.8, 4) is 11.5 Å². The molecule has 0 aliphatic carbocycles. The third-order valence-corrected chi connectivity index (χ3v) is 7.29. The van der Waals surface area contributed by atoms with E-state index in [1.807, 2.05) is 24.3 Å². The van der Waals surface area contributed by atoms with Crippen molar-refractivity contribution in [3.05, 3.63) is 59.6 Å². The van der Waals surface area contributed by atoms with Crippen molar-refractivity contribution in [3.63, 3.8) is 0 Å². The molecule has 8 heteroatoms. The zero-order valence-electron chi connectivity index (χ0n) is 18.7. The van der Waals surface area contributed by atoms with Crippen LogP contribution in [0.2, 0.25) is 0 Å². The number of hydrogen-bond donors (Lipinski definition) is 0. The van der Waals surface area contributed by atoms with Crippen molar-refractivity contribution in [2.24, 2.45) is 11.1 Å². The summed E-state index contributed by atoms with van der Waals surface area (Å²) in [6, 6.07) is 11.3. The molecule has 1 atom stereocenters. The Morgan fingerprint density at radius 3 is 2.70 bits per heavy atom. The van der Waals surface area contributed by atoms with Crippen molar-refractivity contribution >= 4 is 16.8 Å². The molecule has 1 unspecified atom stereocenters. The van der Waals surface area contributed by atoms with Crippen molar-refractivity contribution < 1.29 is 23.1 Å². The second-order valence-electron chi connectivity index (χ2n) is 8.96. The van der Waals surface area contributed by atoms with Gasteiger partial charge in [0, 0.05) is 23.1 Å². The summed E-state index contributed by atoms with van der Waals surface area (Å²) in [6.45, 7) is 3.49. The molecule has 172 valence electrons. The highest BCUT2D eigenvalue weighted by Crippen LogP contribution is 2.45. The fourth-order valence-electron chi connectivity index (χ4n) is 5.51. The van der Waals surface area contributed by atoms with Gasteiger partial charge < -0.3 is 23.6 Å². The van der Waals surface area contributed by atoms with Crippen LogP contribution in [0, 0.1) is 11.7 Å². The van der Waals surface area contributed by atoms with Gasteiger partial charge in [0.15, 0.2) is 11.7 Å². The van der Waals surface area contributed by atoms with Crippen LogP contribution in [0.15, 0.2) is 52.2 Å². The summed E-state index contributed by atoms with van der Waals surface area (Å²) in [4.78, 5) is 11.0. The molecule has 7 nitrogen and oxygen atoms in total. The van der Waals surface area contributed by atoms with E-state index in [-0.39, 0.29) is 5.82 Å². The number of halogens is 1. The number of methoxy groups -OCH3 is 2. The van der Waals surface area contributed by atoms with E-state index < -0.39 is 5.72 Å². The summed E-state index contributed by atoms with van der Waals surface area (Å²) < 4.78 is 30.6. The van der Waals surface area contributed by atoms with Crippen LogP contribution in [-0.4, -0.2) is 55.2 Å². The molecule has 4 aliphatic heterocycles. The van der Waals surface area contributed by atoms with E-state index in [1.165, 1.54) is 0 Å². The Bertz CT molecular complexity index is 1230. The minimum atomic E-state index is -0.555. The molecular weight excluding hydrogens is 425 g/mol. The monoisotopic (exact) mass is 451 g/mol. The summed E-state index contributed by atoms with van der Waals surface area (Å²) >= 11 is 0. The Morgan fingerprint density at radius 2 is 1.97 bits per heavy atom. The van der Waals surface area contributed by atoms with E-state index in [1.54, 1.807) is 26.4 Å². The first-order valence-electron chi connectivity index (χ1n) is 11.3. The van der Waals surface area contributed by atoms with Crippen LogP contribution in [-0.2, 0) is 11.4 Å². The van der Waals surface area contributed by atoms with Crippen LogP contribution in [0.1, 0.15) is 24.0 Å². The number of nitrogens with zero attached hydrogens (tertiary/aromatic N) is 3. The fourth-order valence-corrected chi connectivity index (χ4v) is 5.51. The highest BCUT2D eigenvalue weighted by atomic mass is 19.1. The third kappa shape index (κ3) is 3.15. The molecule has 2 aromatic carbocycles. The molecule has 33 heavy (non-hydrogen) atoms. The lowest BCUT2D eigenvalue weighted by atomic mass is 9.79. The predicted molar refractivity (Wildman–Crippen MR) is 121 cm³/mol. The van der Waals surface area contributed by atoms with Crippen molar-refractivity contribution in [2.45, 2.75) is 25.1 Å². The van der Waals surface area contributed by atoms with Gasteiger partial charge in [-0.15, -0.1) is 0 Å². The Hall–Kier alpha value is -3.26. The predicted octanol–water partition coefficient (Wildman–Crippen LogP) is 4.21. The maximum absolute atomic E-state index is 14.3. The maximum atomic E-state index is 14.3. The molecular formula is C25H26FN3O4. The Morgan fingerprint density at radius 1 is 1.12 bits per heavy atom. The van der Waals surface area contributed by atoms with Crippen LogP contribution >= 0.6 is 0 Å². The minimum Gasteiger partial charge on any atom is -0.497 e. The SMILES string of the molecule is COc1ccc(CN2C(c3ccc4occ(F)c4c3)=NOC23CN2CCC3CC2)c(OC)c1. The average Bonchev–Trinajstić information content (AvgIpc) is 3.40. The van der Waals surface area contributed by atoms with E-state index in [2.05, 4.69) is 15.0 Å². The number of rotatable bonds is 5. The summed E-state index contributed by atoms with van der Waals surface area (Å²) in [5, 5.41) is 5.02. The number of hydrogen-bond acceptors (Lipinski definition) is 7. The van der Waals surface area contributed by atoms with E-state index in [0.717, 1.165) is 61.4 Å². The number of ether oxygens (including phenoxy) is 2. The molecule has 4 aliphatic rings. The number of piperidine rings is 3. The van der Waals surface area contributed by atoms with Crippen LogP contribution < -0.4 is 9.47 Å². The van der Waals surface area contributed by atoms with Crippen molar-refractivity contribution in [1.82, 2.24) is 9.80 Å². The fraction of sp³-hybridized carbons (Fsp3) is 0.400. The van der Waals surface area contributed by atoms with Gasteiger partial charge >= 0.3 is 0 Å². The molecule has 0 N–H and O–H groups in total. The minimum absolute atomic E-state index is 0.363. The van der Waals surface area contributed by atoms with Crippen molar-refractivity contribution in [1.29, 1.82) is 0 Å². The van der Waals surface area contributed by atoms with Gasteiger partial charge in [-0.1, -0.05) is 5.16 Å². The first-order valence-corrected chi connectivity index (χ1v) is 11.3. The Kier molecular flexibility index (Phi) is 4.72. The molecule has 2 bridgehead atoms. The molecule has 3 aromatic rings. The van der Waals surface area contributed by atoms with Crippen LogP contribution in [0.25, 0.3) is 11.0 Å². The van der Waals surface area contributed by atoms with Gasteiger partial charge in [-0.3, -0.25) is 4.90 Å². The second kappa shape index (κ2) is 7.66. The highest BCUT2D eigenvalue weighted by molar-refractivity contribution is 6.02. The van der Waals surface area contributed by atoms with E-state index >= 15 is 0 Å². The van der Waals surface area contributed by atoms with E-state index in [0.29, 0.717) is 29.3 Å². The summed E-state index contributed by atoms with van der Waals surface area (Å²) in [7, 11) is 3.30. The molecule has 0 radical (unpaired) electrons. The van der Waals surface area contributed by atoms with Crippen LogP contribution in [0.4, 0.5) is 4.39 Å². The Balaban J connectivity index is 1.43. The maximum Gasteiger partial charge on any atom is 0.227 e. The molecule has 5 heterocycles. The first kappa shape index (κ1) is 20.4. The van der Waals surface area contributed by atoms with Gasteiger partial charge in [0.25, 0.3) is 0 Å². The summed E-state index contributed by atoms with van der Waals surface area (Å²) in [5.41, 5.74) is 1.75. The Labute approximate surface area is 191 Å². The average molecular weight is 451 g/mol. The molecule has 0 amide bonds. The number of benzene rings is 2. The molecule has 1 aromatic heterocycles. The third-order valence-electron chi connectivity index (χ3n) is 7.29. The van der Waals surface area contributed by atoms with Gasteiger partial charge in [-0.05, 0) is 56.3 Å². The standard InChI is InChI=1S/C25H26FN3O4/c1-30-19-5-3-17(23(12-19)31-2)13-29-24(16-4-6-22-20(11-16)21(26)14-32-22)27-33-25(29)15-28-9-7-18(25)8-10-28/h3-6,11-12,14,18H,7-10,13,15H2,1-2H3. The topological polar surface area (TPSA) is 59.7 Å². The quantitative estimate of drug-likeness (QED) is 0.579. The van der Waals surface area contributed by atoms with Crippen molar-refractivity contribution in [2.75, 3.05) is 33.9 Å². The van der Waals surface area contributed by atoms with Gasteiger partial charge in [0.2, 0.25) is 5.72 Å². The summed E-state index contributed by atoms with van der Waals surface area (Å²) in [6.07, 6.45) is 3.26. The molecule has 7 rings (SSSR count). The molecule has 3 saturated heterocycles. The van der Waals surface area contributed by atoms with Crippen LogP contribution in [0.5, 0.6) is 11.5 Å². The number of amidine groups is 1. The van der Waals surface area contributed by atoms with E-state index in [4.69, 9.17) is 18.7 Å². The number of furan rings is 1. The van der Waals surface area contributed by atoms with Gasteiger partial charge in [0.1, 0.15) is 23.3 Å².